The molecule has 2 aliphatic heterocycles. The lowest BCUT2D eigenvalue weighted by molar-refractivity contribution is 0.0515. The van der Waals surface area contributed by atoms with Crippen molar-refractivity contribution in [1.29, 1.82) is 0 Å². The molecule has 2 bridgehead atoms. The Morgan fingerprint density at radius 3 is 2.41 bits per heavy atom. The van der Waals surface area contributed by atoms with E-state index in [1.54, 1.807) is 36.7 Å². The van der Waals surface area contributed by atoms with E-state index in [1.165, 1.54) is 7.11 Å². The first-order chi connectivity index (χ1) is 14.1. The predicted octanol–water partition coefficient (Wildman–Crippen LogP) is 2.61. The SMILES string of the molecule is COc1ncccc1C(=O)N1[C@@H]2CC[C@H]1CC(CNC(=O)c1cccnc1C)C2. The van der Waals surface area contributed by atoms with Crippen LogP contribution in [0.15, 0.2) is 36.7 Å². The Hall–Kier alpha value is -2.96. The Balaban J connectivity index is 1.40. The molecule has 0 spiro atoms. The van der Waals surface area contributed by atoms with Gasteiger partial charge in [-0.25, -0.2) is 4.98 Å². The molecule has 3 atom stereocenters. The number of pyridine rings is 2. The average molecular weight is 394 g/mol. The molecule has 1 N–H and O–H groups in total. The molecule has 152 valence electrons. The number of carbonyl (C=O) groups is 2. The smallest absolute Gasteiger partial charge is 0.259 e. The Bertz CT molecular complexity index is 902. The van der Waals surface area contributed by atoms with E-state index in [1.807, 2.05) is 11.8 Å². The van der Waals surface area contributed by atoms with Crippen LogP contribution in [0.5, 0.6) is 5.88 Å². The minimum absolute atomic E-state index is 0.00378. The Kier molecular flexibility index (Phi) is 5.47. The number of carbonyl (C=O) groups excluding carboxylic acids is 2. The van der Waals surface area contributed by atoms with Gasteiger partial charge in [-0.1, -0.05) is 0 Å². The molecule has 0 radical (unpaired) electrons. The summed E-state index contributed by atoms with van der Waals surface area (Å²) in [7, 11) is 1.53. The highest BCUT2D eigenvalue weighted by Crippen LogP contribution is 2.40. The van der Waals surface area contributed by atoms with E-state index in [-0.39, 0.29) is 23.9 Å². The Morgan fingerprint density at radius 1 is 1.10 bits per heavy atom. The molecule has 0 aromatic carbocycles. The lowest BCUT2D eigenvalue weighted by Crippen LogP contribution is -2.48. The zero-order valence-electron chi connectivity index (χ0n) is 16.8. The molecule has 0 aliphatic carbocycles. The van der Waals surface area contributed by atoms with Gasteiger partial charge in [0.05, 0.1) is 12.7 Å². The molecule has 2 amide bonds. The second-order valence-corrected chi connectivity index (χ2v) is 7.84. The summed E-state index contributed by atoms with van der Waals surface area (Å²) in [6.45, 7) is 2.46. The zero-order valence-corrected chi connectivity index (χ0v) is 16.8. The van der Waals surface area contributed by atoms with Crippen molar-refractivity contribution in [3.8, 4) is 5.88 Å². The van der Waals surface area contributed by atoms with Crippen molar-refractivity contribution in [1.82, 2.24) is 20.2 Å². The Labute approximate surface area is 170 Å². The monoisotopic (exact) mass is 394 g/mol. The number of methoxy groups -OCH3 is 1. The molecule has 4 heterocycles. The number of nitrogens with one attached hydrogen (secondary N) is 1. The van der Waals surface area contributed by atoms with E-state index < -0.39 is 0 Å². The maximum Gasteiger partial charge on any atom is 0.259 e. The van der Waals surface area contributed by atoms with Crippen molar-refractivity contribution >= 4 is 11.8 Å². The van der Waals surface area contributed by atoms with Gasteiger partial charge in [-0.05, 0) is 62.8 Å². The van der Waals surface area contributed by atoms with Crippen LogP contribution in [0.1, 0.15) is 52.1 Å². The van der Waals surface area contributed by atoms with Gasteiger partial charge in [0.1, 0.15) is 5.56 Å². The number of fused-ring (bicyclic) bond motifs is 2. The highest BCUT2D eigenvalue weighted by atomic mass is 16.5. The fourth-order valence-electron chi connectivity index (χ4n) is 4.70. The lowest BCUT2D eigenvalue weighted by atomic mass is 9.90. The number of aryl methyl sites for hydroxylation is 1. The molecule has 2 saturated heterocycles. The van der Waals surface area contributed by atoms with Gasteiger partial charge < -0.3 is 15.0 Å². The van der Waals surface area contributed by atoms with Crippen LogP contribution in [-0.2, 0) is 0 Å². The zero-order chi connectivity index (χ0) is 20.4. The van der Waals surface area contributed by atoms with Crippen molar-refractivity contribution in [2.45, 2.75) is 44.7 Å². The van der Waals surface area contributed by atoms with E-state index in [2.05, 4.69) is 15.3 Å². The van der Waals surface area contributed by atoms with Gasteiger partial charge in [0.2, 0.25) is 5.88 Å². The number of hydrogen-bond acceptors (Lipinski definition) is 5. The maximum absolute atomic E-state index is 13.2. The van der Waals surface area contributed by atoms with Crippen LogP contribution >= 0.6 is 0 Å². The molecule has 2 aliphatic rings. The molecule has 4 rings (SSSR count). The molecular formula is C22H26N4O3. The summed E-state index contributed by atoms with van der Waals surface area (Å²) in [6, 6.07) is 7.51. The summed E-state index contributed by atoms with van der Waals surface area (Å²) in [4.78, 5) is 36.0. The molecule has 2 aromatic heterocycles. The summed E-state index contributed by atoms with van der Waals surface area (Å²) < 4.78 is 5.27. The number of rotatable bonds is 5. The third kappa shape index (κ3) is 3.81. The summed E-state index contributed by atoms with van der Waals surface area (Å²) >= 11 is 0. The van der Waals surface area contributed by atoms with Gasteiger partial charge in [0.15, 0.2) is 0 Å². The standard InChI is InChI=1S/C22H26N4O3/c1-14-18(5-3-9-23-14)20(27)25-13-15-11-16-7-8-17(12-15)26(16)22(28)19-6-4-10-24-21(19)29-2/h3-6,9-10,15-17H,7-8,11-13H2,1-2H3,(H,25,27)/t15?,16-,17+. The van der Waals surface area contributed by atoms with Gasteiger partial charge in [0, 0.05) is 36.7 Å². The second-order valence-electron chi connectivity index (χ2n) is 7.84. The fraction of sp³-hybridized carbons (Fsp3) is 0.455. The number of ether oxygens (including phenoxy) is 1. The molecule has 7 heteroatoms. The topological polar surface area (TPSA) is 84.4 Å². The first-order valence-electron chi connectivity index (χ1n) is 10.1. The van der Waals surface area contributed by atoms with Crippen LogP contribution in [0.4, 0.5) is 0 Å². The fourth-order valence-corrected chi connectivity index (χ4v) is 4.70. The first-order valence-corrected chi connectivity index (χ1v) is 10.1. The molecular weight excluding hydrogens is 368 g/mol. The summed E-state index contributed by atoms with van der Waals surface area (Å²) in [6.07, 6.45) is 7.13. The van der Waals surface area contributed by atoms with Crippen molar-refractivity contribution in [2.24, 2.45) is 5.92 Å². The number of amides is 2. The van der Waals surface area contributed by atoms with E-state index in [0.717, 1.165) is 31.4 Å². The lowest BCUT2D eigenvalue weighted by Gasteiger charge is -2.39. The molecule has 2 aromatic rings. The normalized spacial score (nSPS) is 23.0. The van der Waals surface area contributed by atoms with Crippen molar-refractivity contribution in [2.75, 3.05) is 13.7 Å². The van der Waals surface area contributed by atoms with E-state index in [0.29, 0.717) is 29.5 Å². The molecule has 29 heavy (non-hydrogen) atoms. The van der Waals surface area contributed by atoms with Crippen LogP contribution in [0, 0.1) is 12.8 Å². The number of nitrogens with zero attached hydrogens (tertiary/aromatic N) is 3. The van der Waals surface area contributed by atoms with Crippen molar-refractivity contribution in [3.05, 3.63) is 53.5 Å². The third-order valence-corrected chi connectivity index (χ3v) is 6.06. The highest BCUT2D eigenvalue weighted by Gasteiger charge is 2.44. The summed E-state index contributed by atoms with van der Waals surface area (Å²) in [5.74, 6) is 0.656. The average Bonchev–Trinajstić information content (AvgIpc) is 3.01. The highest BCUT2D eigenvalue weighted by molar-refractivity contribution is 5.97. The minimum atomic E-state index is -0.0819. The van der Waals surface area contributed by atoms with Crippen LogP contribution in [-0.4, -0.2) is 52.4 Å². The van der Waals surface area contributed by atoms with Crippen LogP contribution in [0.3, 0.4) is 0 Å². The summed E-state index contributed by atoms with van der Waals surface area (Å²) in [5, 5.41) is 3.06. The van der Waals surface area contributed by atoms with Gasteiger partial charge >= 0.3 is 0 Å². The molecule has 2 fully saturated rings. The van der Waals surface area contributed by atoms with E-state index in [9.17, 15) is 9.59 Å². The van der Waals surface area contributed by atoms with Crippen LogP contribution < -0.4 is 10.1 Å². The Morgan fingerprint density at radius 2 is 1.76 bits per heavy atom. The molecule has 0 saturated carbocycles. The predicted molar refractivity (Wildman–Crippen MR) is 108 cm³/mol. The van der Waals surface area contributed by atoms with Gasteiger partial charge in [-0.2, -0.15) is 0 Å². The third-order valence-electron chi connectivity index (χ3n) is 6.06. The van der Waals surface area contributed by atoms with Crippen molar-refractivity contribution in [3.63, 3.8) is 0 Å². The van der Waals surface area contributed by atoms with Crippen molar-refractivity contribution < 1.29 is 14.3 Å². The van der Waals surface area contributed by atoms with Gasteiger partial charge in [-0.3, -0.25) is 14.6 Å². The van der Waals surface area contributed by atoms with Crippen LogP contribution in [0.25, 0.3) is 0 Å². The second kappa shape index (κ2) is 8.19. The van der Waals surface area contributed by atoms with E-state index in [4.69, 9.17) is 4.74 Å². The largest absolute Gasteiger partial charge is 0.480 e. The quantitative estimate of drug-likeness (QED) is 0.843. The van der Waals surface area contributed by atoms with Crippen LogP contribution in [0.2, 0.25) is 0 Å². The minimum Gasteiger partial charge on any atom is -0.480 e. The molecule has 7 nitrogen and oxygen atoms in total. The number of aromatic nitrogens is 2. The number of hydrogen-bond donors (Lipinski definition) is 1. The van der Waals surface area contributed by atoms with Gasteiger partial charge in [-0.15, -0.1) is 0 Å². The van der Waals surface area contributed by atoms with E-state index >= 15 is 0 Å². The van der Waals surface area contributed by atoms with Gasteiger partial charge in [0.25, 0.3) is 11.8 Å². The molecule has 1 unspecified atom stereocenters. The summed E-state index contributed by atoms with van der Waals surface area (Å²) in [5.41, 5.74) is 1.87. The maximum atomic E-state index is 13.2. The first kappa shape index (κ1) is 19.4. The number of piperidine rings is 1.